The van der Waals surface area contributed by atoms with E-state index < -0.39 is 0 Å². The molecule has 0 atom stereocenters. The lowest BCUT2D eigenvalue weighted by atomic mass is 10.2. The summed E-state index contributed by atoms with van der Waals surface area (Å²) in [5, 5.41) is 2.91. The summed E-state index contributed by atoms with van der Waals surface area (Å²) in [6, 6.07) is 12.9. The fourth-order valence-corrected chi connectivity index (χ4v) is 3.57. The Morgan fingerprint density at radius 1 is 1.17 bits per heavy atom. The van der Waals surface area contributed by atoms with E-state index in [1.54, 1.807) is 34.4 Å². The Bertz CT molecular complexity index is 843. The second-order valence-electron chi connectivity index (χ2n) is 5.48. The van der Waals surface area contributed by atoms with Gasteiger partial charge in [0.15, 0.2) is 0 Å². The molecule has 3 rings (SSSR count). The molecule has 0 spiro atoms. The first-order valence-electron chi connectivity index (χ1n) is 7.41. The molecule has 124 valence electrons. The average Bonchev–Trinajstić information content (AvgIpc) is 3.21. The molecule has 0 fully saturated rings. The summed E-state index contributed by atoms with van der Waals surface area (Å²) in [5.74, 6) is -0.128. The highest BCUT2D eigenvalue weighted by Crippen LogP contribution is 2.24. The predicted molar refractivity (Wildman–Crippen MR) is 99.8 cm³/mol. The molecule has 2 aromatic heterocycles. The Labute approximate surface area is 155 Å². The Morgan fingerprint density at radius 3 is 2.67 bits per heavy atom. The van der Waals surface area contributed by atoms with Crippen molar-refractivity contribution in [3.05, 3.63) is 80.2 Å². The number of benzene rings is 1. The monoisotopic (exact) mass is 378 g/mol. The normalized spacial score (nSPS) is 10.8. The molecule has 0 unspecified atom stereocenters. The molecule has 3 nitrogen and oxygen atoms in total. The number of hydrogen-bond acceptors (Lipinski definition) is 2. The molecule has 0 bridgehead atoms. The van der Waals surface area contributed by atoms with Crippen LogP contribution in [0.2, 0.25) is 10.0 Å². The third-order valence-electron chi connectivity index (χ3n) is 3.78. The maximum atomic E-state index is 13.1. The van der Waals surface area contributed by atoms with Crippen molar-refractivity contribution in [3.63, 3.8) is 0 Å². The van der Waals surface area contributed by atoms with Gasteiger partial charge in [-0.1, -0.05) is 29.3 Å². The number of rotatable bonds is 5. The quantitative estimate of drug-likeness (QED) is 0.596. The molecule has 0 aliphatic carbocycles. The molecule has 2 heterocycles. The van der Waals surface area contributed by atoms with Gasteiger partial charge in [0.2, 0.25) is 0 Å². The fraction of sp³-hybridized carbons (Fsp3) is 0.167. The number of amides is 1. The minimum absolute atomic E-state index is 0.128. The summed E-state index contributed by atoms with van der Waals surface area (Å²) < 4.78 is 2.01. The smallest absolute Gasteiger partial charge is 0.256 e. The number of aryl methyl sites for hydroxylation is 1. The standard InChI is InChI=1S/C18H16Cl2N2OS/c1-21-8-2-4-14(21)11-22(12-15-5-3-9-24-15)18(23)16-10-13(19)6-7-17(16)20/h2-10H,11-12H2,1H3. The van der Waals surface area contributed by atoms with Crippen molar-refractivity contribution in [2.75, 3.05) is 0 Å². The molecule has 0 saturated heterocycles. The van der Waals surface area contributed by atoms with Crippen LogP contribution in [0.5, 0.6) is 0 Å². The summed E-state index contributed by atoms with van der Waals surface area (Å²) in [6.07, 6.45) is 1.97. The van der Waals surface area contributed by atoms with E-state index in [1.165, 1.54) is 0 Å². The first-order valence-corrected chi connectivity index (χ1v) is 9.05. The third-order valence-corrected chi connectivity index (χ3v) is 5.20. The summed E-state index contributed by atoms with van der Waals surface area (Å²) >= 11 is 13.9. The van der Waals surface area contributed by atoms with E-state index in [2.05, 4.69) is 0 Å². The van der Waals surface area contributed by atoms with Gasteiger partial charge in [-0.3, -0.25) is 4.79 Å². The van der Waals surface area contributed by atoms with Crippen LogP contribution >= 0.6 is 34.5 Å². The predicted octanol–water partition coefficient (Wildman–Crippen LogP) is 5.24. The zero-order valence-corrected chi connectivity index (χ0v) is 15.4. The van der Waals surface area contributed by atoms with Gasteiger partial charge >= 0.3 is 0 Å². The molecule has 0 saturated carbocycles. The van der Waals surface area contributed by atoms with Crippen LogP contribution in [-0.2, 0) is 20.1 Å². The third kappa shape index (κ3) is 3.83. The highest BCUT2D eigenvalue weighted by atomic mass is 35.5. The highest BCUT2D eigenvalue weighted by Gasteiger charge is 2.20. The molecule has 24 heavy (non-hydrogen) atoms. The number of carbonyl (C=O) groups excluding carboxylic acids is 1. The lowest BCUT2D eigenvalue weighted by molar-refractivity contribution is 0.0728. The Hall–Kier alpha value is -1.75. The molecule has 6 heteroatoms. The van der Waals surface area contributed by atoms with Gasteiger partial charge in [0, 0.05) is 28.8 Å². The first kappa shape index (κ1) is 17.1. The van der Waals surface area contributed by atoms with E-state index in [1.807, 2.05) is 47.5 Å². The van der Waals surface area contributed by atoms with Crippen LogP contribution in [0, 0.1) is 0 Å². The molecule has 0 aliphatic heterocycles. The molecule has 1 aromatic carbocycles. The summed E-state index contributed by atoms with van der Waals surface area (Å²) in [7, 11) is 1.97. The maximum absolute atomic E-state index is 13.1. The second-order valence-corrected chi connectivity index (χ2v) is 7.35. The largest absolute Gasteiger partial charge is 0.353 e. The number of nitrogens with zero attached hydrogens (tertiary/aromatic N) is 2. The first-order chi connectivity index (χ1) is 11.5. The molecule has 3 aromatic rings. The van der Waals surface area contributed by atoms with Crippen molar-refractivity contribution < 1.29 is 4.79 Å². The van der Waals surface area contributed by atoms with Crippen LogP contribution in [0.4, 0.5) is 0 Å². The molecule has 0 N–H and O–H groups in total. The second kappa shape index (κ2) is 7.43. The van der Waals surface area contributed by atoms with E-state index in [-0.39, 0.29) is 5.91 Å². The van der Waals surface area contributed by atoms with E-state index >= 15 is 0 Å². The van der Waals surface area contributed by atoms with E-state index in [0.29, 0.717) is 28.7 Å². The summed E-state index contributed by atoms with van der Waals surface area (Å²) in [5.41, 5.74) is 1.48. The van der Waals surface area contributed by atoms with Crippen LogP contribution in [0.25, 0.3) is 0 Å². The van der Waals surface area contributed by atoms with Crippen LogP contribution in [0.3, 0.4) is 0 Å². The maximum Gasteiger partial charge on any atom is 0.256 e. The van der Waals surface area contributed by atoms with Gasteiger partial charge in [0.05, 0.1) is 23.7 Å². The zero-order chi connectivity index (χ0) is 17.1. The van der Waals surface area contributed by atoms with Gasteiger partial charge in [0.25, 0.3) is 5.91 Å². The Balaban J connectivity index is 1.92. The minimum Gasteiger partial charge on any atom is -0.353 e. The minimum atomic E-state index is -0.128. The van der Waals surface area contributed by atoms with Gasteiger partial charge in [-0.15, -0.1) is 11.3 Å². The highest BCUT2D eigenvalue weighted by molar-refractivity contribution is 7.09. The lowest BCUT2D eigenvalue weighted by Crippen LogP contribution is -2.30. The van der Waals surface area contributed by atoms with Crippen molar-refractivity contribution in [3.8, 4) is 0 Å². The Morgan fingerprint density at radius 2 is 2.00 bits per heavy atom. The van der Waals surface area contributed by atoms with Crippen molar-refractivity contribution in [1.29, 1.82) is 0 Å². The fourth-order valence-electron chi connectivity index (χ4n) is 2.48. The van der Waals surface area contributed by atoms with Crippen molar-refractivity contribution in [1.82, 2.24) is 9.47 Å². The SMILES string of the molecule is Cn1cccc1CN(Cc1cccs1)C(=O)c1cc(Cl)ccc1Cl. The van der Waals surface area contributed by atoms with Gasteiger partial charge in [-0.05, 0) is 41.8 Å². The van der Waals surface area contributed by atoms with E-state index in [4.69, 9.17) is 23.2 Å². The summed E-state index contributed by atoms with van der Waals surface area (Å²) in [6.45, 7) is 1.04. The van der Waals surface area contributed by atoms with Gasteiger partial charge in [-0.25, -0.2) is 0 Å². The number of halogens is 2. The van der Waals surface area contributed by atoms with Gasteiger partial charge in [0.1, 0.15) is 0 Å². The van der Waals surface area contributed by atoms with Gasteiger partial charge < -0.3 is 9.47 Å². The van der Waals surface area contributed by atoms with Crippen LogP contribution in [-0.4, -0.2) is 15.4 Å². The average molecular weight is 379 g/mol. The molecule has 0 aliphatic rings. The number of thiophene rings is 1. The zero-order valence-electron chi connectivity index (χ0n) is 13.1. The Kier molecular flexibility index (Phi) is 5.29. The van der Waals surface area contributed by atoms with Crippen LogP contribution < -0.4 is 0 Å². The van der Waals surface area contributed by atoms with Crippen molar-refractivity contribution in [2.24, 2.45) is 7.05 Å². The van der Waals surface area contributed by atoms with E-state index in [9.17, 15) is 4.79 Å². The summed E-state index contributed by atoms with van der Waals surface area (Å²) in [4.78, 5) is 16.0. The molecule has 0 radical (unpaired) electrons. The van der Waals surface area contributed by atoms with Crippen LogP contribution in [0.15, 0.2) is 54.0 Å². The van der Waals surface area contributed by atoms with E-state index in [0.717, 1.165) is 10.6 Å². The van der Waals surface area contributed by atoms with Crippen molar-refractivity contribution in [2.45, 2.75) is 13.1 Å². The van der Waals surface area contributed by atoms with Crippen LogP contribution in [0.1, 0.15) is 20.9 Å². The molecular formula is C18H16Cl2N2OS. The molecule has 1 amide bonds. The number of hydrogen-bond donors (Lipinski definition) is 0. The number of aromatic nitrogens is 1. The van der Waals surface area contributed by atoms with Gasteiger partial charge in [-0.2, -0.15) is 0 Å². The number of carbonyl (C=O) groups is 1. The lowest BCUT2D eigenvalue weighted by Gasteiger charge is -2.23. The van der Waals surface area contributed by atoms with Crippen molar-refractivity contribution >= 4 is 40.4 Å². The molecular weight excluding hydrogens is 363 g/mol. The topological polar surface area (TPSA) is 25.2 Å².